The Balaban J connectivity index is 1.94. The average Bonchev–Trinajstić information content (AvgIpc) is 2.24. The van der Waals surface area contributed by atoms with Crippen molar-refractivity contribution in [3.05, 3.63) is 35.4 Å². The number of aliphatic hydroxyl groups is 1. The summed E-state index contributed by atoms with van der Waals surface area (Å²) in [5, 5.41) is 9.85. The molecule has 2 rings (SSSR count). The van der Waals surface area contributed by atoms with Crippen molar-refractivity contribution in [1.82, 2.24) is 0 Å². The molecule has 0 fully saturated rings. The first-order chi connectivity index (χ1) is 7.22. The molecule has 0 aliphatic heterocycles. The zero-order valence-electron chi connectivity index (χ0n) is 9.31. The van der Waals surface area contributed by atoms with Crippen molar-refractivity contribution in [2.75, 3.05) is 7.11 Å². The molecule has 2 heteroatoms. The van der Waals surface area contributed by atoms with Crippen molar-refractivity contribution < 1.29 is 9.84 Å². The Morgan fingerprint density at radius 1 is 1.47 bits per heavy atom. The van der Waals surface area contributed by atoms with Crippen molar-refractivity contribution in [1.29, 1.82) is 0 Å². The second-order valence-electron chi connectivity index (χ2n) is 4.34. The van der Waals surface area contributed by atoms with Crippen molar-refractivity contribution in [2.24, 2.45) is 0 Å². The van der Waals surface area contributed by atoms with Gasteiger partial charge in [0.25, 0.3) is 0 Å². The lowest BCUT2D eigenvalue weighted by molar-refractivity contribution is -0.00862. The van der Waals surface area contributed by atoms with E-state index in [0.717, 1.165) is 12.8 Å². The van der Waals surface area contributed by atoms with E-state index in [0.29, 0.717) is 5.92 Å². The van der Waals surface area contributed by atoms with Crippen LogP contribution < -0.4 is 0 Å². The normalized spacial score (nSPS) is 22.7. The summed E-state index contributed by atoms with van der Waals surface area (Å²) in [6.07, 6.45) is 1.49. The topological polar surface area (TPSA) is 29.5 Å². The molecule has 3 unspecified atom stereocenters. The average molecular weight is 206 g/mol. The minimum atomic E-state index is -0.353. The van der Waals surface area contributed by atoms with Gasteiger partial charge >= 0.3 is 0 Å². The fourth-order valence-corrected chi connectivity index (χ4v) is 2.21. The highest BCUT2D eigenvalue weighted by Gasteiger charge is 2.29. The van der Waals surface area contributed by atoms with Crippen molar-refractivity contribution in [2.45, 2.75) is 37.9 Å². The van der Waals surface area contributed by atoms with Crippen LogP contribution in [0.5, 0.6) is 0 Å². The summed E-state index contributed by atoms with van der Waals surface area (Å²) in [7, 11) is 1.64. The van der Waals surface area contributed by atoms with Crippen molar-refractivity contribution >= 4 is 0 Å². The molecule has 82 valence electrons. The molecule has 1 aliphatic rings. The number of hydrogen-bond acceptors (Lipinski definition) is 2. The van der Waals surface area contributed by atoms with Gasteiger partial charge in [0, 0.05) is 7.11 Å². The molecule has 1 aromatic rings. The maximum Gasteiger partial charge on any atom is 0.0804 e. The number of benzene rings is 1. The van der Waals surface area contributed by atoms with Gasteiger partial charge < -0.3 is 9.84 Å². The highest BCUT2D eigenvalue weighted by molar-refractivity contribution is 5.39. The third-order valence-corrected chi connectivity index (χ3v) is 3.40. The van der Waals surface area contributed by atoms with Gasteiger partial charge in [-0.15, -0.1) is 0 Å². The first-order valence-electron chi connectivity index (χ1n) is 5.51. The van der Waals surface area contributed by atoms with E-state index in [1.54, 1.807) is 7.11 Å². The maximum absolute atomic E-state index is 9.85. The van der Waals surface area contributed by atoms with Crippen LogP contribution >= 0.6 is 0 Å². The molecular weight excluding hydrogens is 188 g/mol. The SMILES string of the molecule is COC(C)C(O)CC1Cc2ccccc21. The van der Waals surface area contributed by atoms with E-state index in [2.05, 4.69) is 24.3 Å². The van der Waals surface area contributed by atoms with E-state index in [1.807, 2.05) is 6.92 Å². The van der Waals surface area contributed by atoms with E-state index in [-0.39, 0.29) is 12.2 Å². The maximum atomic E-state index is 9.85. The molecule has 1 aliphatic carbocycles. The van der Waals surface area contributed by atoms with Crippen LogP contribution in [0.3, 0.4) is 0 Å². The summed E-state index contributed by atoms with van der Waals surface area (Å²) in [5.41, 5.74) is 2.83. The predicted molar refractivity (Wildman–Crippen MR) is 60.0 cm³/mol. The monoisotopic (exact) mass is 206 g/mol. The Morgan fingerprint density at radius 2 is 2.20 bits per heavy atom. The summed E-state index contributed by atoms with van der Waals surface area (Å²) in [4.78, 5) is 0. The molecular formula is C13H18O2. The van der Waals surface area contributed by atoms with E-state index < -0.39 is 0 Å². The lowest BCUT2D eigenvalue weighted by atomic mass is 9.74. The predicted octanol–water partition coefficient (Wildman–Crippen LogP) is 2.11. The lowest BCUT2D eigenvalue weighted by Crippen LogP contribution is -2.30. The Labute approximate surface area is 90.9 Å². The van der Waals surface area contributed by atoms with Crippen molar-refractivity contribution in [3.63, 3.8) is 0 Å². The van der Waals surface area contributed by atoms with E-state index in [1.165, 1.54) is 11.1 Å². The summed E-state index contributed by atoms with van der Waals surface area (Å²) in [6, 6.07) is 8.46. The van der Waals surface area contributed by atoms with Crippen LogP contribution in [-0.4, -0.2) is 24.4 Å². The fourth-order valence-electron chi connectivity index (χ4n) is 2.21. The molecule has 15 heavy (non-hydrogen) atoms. The van der Waals surface area contributed by atoms with Gasteiger partial charge in [-0.2, -0.15) is 0 Å². The van der Waals surface area contributed by atoms with Gasteiger partial charge in [0.2, 0.25) is 0 Å². The molecule has 0 spiro atoms. The number of hydrogen-bond donors (Lipinski definition) is 1. The Morgan fingerprint density at radius 3 is 2.87 bits per heavy atom. The first-order valence-corrected chi connectivity index (χ1v) is 5.51. The van der Waals surface area contributed by atoms with Crippen LogP contribution in [0.15, 0.2) is 24.3 Å². The van der Waals surface area contributed by atoms with Crippen LogP contribution in [0.1, 0.15) is 30.4 Å². The third kappa shape index (κ3) is 2.06. The fraction of sp³-hybridized carbons (Fsp3) is 0.538. The van der Waals surface area contributed by atoms with Crippen molar-refractivity contribution in [3.8, 4) is 0 Å². The third-order valence-electron chi connectivity index (χ3n) is 3.40. The minimum absolute atomic E-state index is 0.0715. The van der Waals surface area contributed by atoms with E-state index >= 15 is 0 Å². The molecule has 0 saturated carbocycles. The quantitative estimate of drug-likeness (QED) is 0.817. The number of methoxy groups -OCH3 is 1. The van der Waals surface area contributed by atoms with Gasteiger partial charge in [-0.25, -0.2) is 0 Å². The molecule has 0 saturated heterocycles. The van der Waals surface area contributed by atoms with Crippen LogP contribution in [0.4, 0.5) is 0 Å². The lowest BCUT2D eigenvalue weighted by Gasteiger charge is -2.32. The smallest absolute Gasteiger partial charge is 0.0804 e. The van der Waals surface area contributed by atoms with Gasteiger partial charge in [0.05, 0.1) is 12.2 Å². The first kappa shape index (κ1) is 10.7. The van der Waals surface area contributed by atoms with E-state index in [4.69, 9.17) is 4.74 Å². The van der Waals surface area contributed by atoms with Crippen LogP contribution in [0.25, 0.3) is 0 Å². The van der Waals surface area contributed by atoms with Crippen LogP contribution in [0.2, 0.25) is 0 Å². The van der Waals surface area contributed by atoms with Gasteiger partial charge in [-0.3, -0.25) is 0 Å². The molecule has 0 aromatic heterocycles. The highest BCUT2D eigenvalue weighted by Crippen LogP contribution is 2.38. The molecule has 2 nitrogen and oxygen atoms in total. The van der Waals surface area contributed by atoms with Gasteiger partial charge in [0.15, 0.2) is 0 Å². The summed E-state index contributed by atoms with van der Waals surface area (Å²) >= 11 is 0. The molecule has 3 atom stereocenters. The molecule has 0 amide bonds. The molecule has 1 aromatic carbocycles. The Bertz CT molecular complexity index is 335. The van der Waals surface area contributed by atoms with Crippen LogP contribution in [0, 0.1) is 0 Å². The Kier molecular flexibility index (Phi) is 3.08. The zero-order valence-corrected chi connectivity index (χ0v) is 9.31. The number of ether oxygens (including phenoxy) is 1. The Hall–Kier alpha value is -0.860. The second kappa shape index (κ2) is 4.33. The largest absolute Gasteiger partial charge is 0.390 e. The number of rotatable bonds is 4. The molecule has 0 radical (unpaired) electrons. The zero-order chi connectivity index (χ0) is 10.8. The van der Waals surface area contributed by atoms with Gasteiger partial charge in [-0.1, -0.05) is 24.3 Å². The number of fused-ring (bicyclic) bond motifs is 1. The van der Waals surface area contributed by atoms with Crippen LogP contribution in [-0.2, 0) is 11.2 Å². The molecule has 1 N–H and O–H groups in total. The standard InChI is InChI=1S/C13H18O2/c1-9(15-2)13(14)8-11-7-10-5-3-4-6-12(10)11/h3-6,9,11,13-14H,7-8H2,1-2H3. The summed E-state index contributed by atoms with van der Waals surface area (Å²) in [6.45, 7) is 1.91. The molecule has 0 heterocycles. The summed E-state index contributed by atoms with van der Waals surface area (Å²) in [5.74, 6) is 0.522. The second-order valence-corrected chi connectivity index (χ2v) is 4.34. The molecule has 0 bridgehead atoms. The summed E-state index contributed by atoms with van der Waals surface area (Å²) < 4.78 is 5.12. The highest BCUT2D eigenvalue weighted by atomic mass is 16.5. The number of aliphatic hydroxyl groups excluding tert-OH is 1. The van der Waals surface area contributed by atoms with Gasteiger partial charge in [0.1, 0.15) is 0 Å². The van der Waals surface area contributed by atoms with Gasteiger partial charge in [-0.05, 0) is 36.8 Å². The van der Waals surface area contributed by atoms with E-state index in [9.17, 15) is 5.11 Å². The minimum Gasteiger partial charge on any atom is -0.390 e.